The lowest BCUT2D eigenvalue weighted by Gasteiger charge is -2.08. The summed E-state index contributed by atoms with van der Waals surface area (Å²) in [5.74, 6) is -0.303. The largest absolute Gasteiger partial charge is 0.472 e. The summed E-state index contributed by atoms with van der Waals surface area (Å²) in [6.07, 6.45) is -1.05. The molecule has 3 rings (SSSR count). The van der Waals surface area contributed by atoms with E-state index < -0.39 is 18.9 Å². The van der Waals surface area contributed by atoms with Crippen LogP contribution in [0, 0.1) is 0 Å². The number of anilines is 1. The maximum Gasteiger partial charge on any atom is 0.272 e. The van der Waals surface area contributed by atoms with Gasteiger partial charge in [-0.3, -0.25) is 9.48 Å². The fraction of sp³-hybridized carbons (Fsp3) is 0.167. The van der Waals surface area contributed by atoms with E-state index in [2.05, 4.69) is 15.4 Å². The number of aromatic nitrogens is 3. The molecule has 140 valence electrons. The first-order valence-corrected chi connectivity index (χ1v) is 8.29. The van der Waals surface area contributed by atoms with Gasteiger partial charge in [0.05, 0.1) is 10.6 Å². The number of pyridine rings is 1. The van der Waals surface area contributed by atoms with Gasteiger partial charge in [-0.15, -0.1) is 0 Å². The van der Waals surface area contributed by atoms with Crippen LogP contribution in [0.25, 0.3) is 11.3 Å². The molecule has 2 heterocycles. The highest BCUT2D eigenvalue weighted by atomic mass is 35.5. The average molecular weight is 393 g/mol. The molecular formula is C18H15ClF2N4O2. The summed E-state index contributed by atoms with van der Waals surface area (Å²) in [6, 6.07) is 11.5. The lowest BCUT2D eigenvalue weighted by Crippen LogP contribution is -2.14. The summed E-state index contributed by atoms with van der Waals surface area (Å²) in [4.78, 5) is 16.7. The number of ether oxygens (including phenoxy) is 1. The maximum absolute atomic E-state index is 12.7. The van der Waals surface area contributed by atoms with Gasteiger partial charge in [-0.05, 0) is 12.1 Å². The molecule has 6 nitrogen and oxygen atoms in total. The molecule has 0 unspecified atom stereocenters. The highest BCUT2D eigenvalue weighted by Crippen LogP contribution is 2.29. The molecule has 0 aliphatic heterocycles. The number of nitrogens with one attached hydrogen (secondary N) is 1. The highest BCUT2D eigenvalue weighted by Gasteiger charge is 2.19. The monoisotopic (exact) mass is 392 g/mol. The molecule has 0 bridgehead atoms. The lowest BCUT2D eigenvalue weighted by molar-refractivity contribution is 0.0796. The summed E-state index contributed by atoms with van der Waals surface area (Å²) < 4.78 is 30.9. The van der Waals surface area contributed by atoms with Crippen LogP contribution in [0.5, 0.6) is 5.88 Å². The third-order valence-corrected chi connectivity index (χ3v) is 3.85. The van der Waals surface area contributed by atoms with Crippen molar-refractivity contribution in [3.05, 3.63) is 59.2 Å². The van der Waals surface area contributed by atoms with Crippen LogP contribution in [-0.4, -0.2) is 33.7 Å². The number of amides is 1. The molecule has 27 heavy (non-hydrogen) atoms. The van der Waals surface area contributed by atoms with E-state index in [1.165, 1.54) is 16.8 Å². The van der Waals surface area contributed by atoms with Gasteiger partial charge in [0, 0.05) is 24.9 Å². The van der Waals surface area contributed by atoms with Crippen LogP contribution in [0.4, 0.5) is 14.6 Å². The van der Waals surface area contributed by atoms with Crippen molar-refractivity contribution in [2.75, 3.05) is 11.9 Å². The summed E-state index contributed by atoms with van der Waals surface area (Å²) in [6.45, 7) is -0.774. The van der Waals surface area contributed by atoms with Crippen molar-refractivity contribution in [2.24, 2.45) is 7.05 Å². The first-order chi connectivity index (χ1) is 12.9. The van der Waals surface area contributed by atoms with Crippen molar-refractivity contribution in [1.82, 2.24) is 14.8 Å². The molecular weight excluding hydrogens is 378 g/mol. The van der Waals surface area contributed by atoms with Gasteiger partial charge in [-0.25, -0.2) is 8.78 Å². The number of alkyl halides is 2. The van der Waals surface area contributed by atoms with Gasteiger partial charge < -0.3 is 10.1 Å². The maximum atomic E-state index is 12.7. The predicted octanol–water partition coefficient (Wildman–Crippen LogP) is 4.03. The number of hydrogen-bond acceptors (Lipinski definition) is 4. The summed E-state index contributed by atoms with van der Waals surface area (Å²) >= 11 is 6.21. The second kappa shape index (κ2) is 8.13. The Hall–Kier alpha value is -3.00. The molecule has 9 heteroatoms. The molecule has 0 aliphatic rings. The minimum Gasteiger partial charge on any atom is -0.472 e. The van der Waals surface area contributed by atoms with Gasteiger partial charge in [0.25, 0.3) is 12.3 Å². The van der Waals surface area contributed by atoms with Gasteiger partial charge in [0.15, 0.2) is 6.61 Å². The Labute approximate surface area is 158 Å². The zero-order valence-electron chi connectivity index (χ0n) is 14.2. The molecule has 0 aliphatic carbocycles. The number of halogens is 3. The first-order valence-electron chi connectivity index (χ1n) is 7.92. The number of nitrogens with zero attached hydrogens (tertiary/aromatic N) is 3. The molecule has 0 fully saturated rings. The number of aryl methyl sites for hydroxylation is 1. The van der Waals surface area contributed by atoms with Crippen molar-refractivity contribution >= 4 is 23.3 Å². The highest BCUT2D eigenvalue weighted by molar-refractivity contribution is 6.33. The number of benzene rings is 1. The first kappa shape index (κ1) is 18.8. The molecule has 1 aromatic carbocycles. The number of rotatable bonds is 6. The third-order valence-electron chi connectivity index (χ3n) is 3.52. The topological polar surface area (TPSA) is 69.0 Å². The Kier molecular flexibility index (Phi) is 5.66. The fourth-order valence-electron chi connectivity index (χ4n) is 2.40. The molecule has 0 saturated heterocycles. The van der Waals surface area contributed by atoms with Gasteiger partial charge >= 0.3 is 0 Å². The molecule has 0 saturated carbocycles. The molecule has 3 aromatic rings. The van der Waals surface area contributed by atoms with Crippen LogP contribution in [-0.2, 0) is 7.05 Å². The van der Waals surface area contributed by atoms with Crippen molar-refractivity contribution in [3.63, 3.8) is 0 Å². The zero-order valence-corrected chi connectivity index (χ0v) is 15.0. The molecule has 1 amide bonds. The Balaban J connectivity index is 1.84. The van der Waals surface area contributed by atoms with Crippen LogP contribution in [0.1, 0.15) is 10.4 Å². The second-order valence-corrected chi connectivity index (χ2v) is 5.97. The number of carbonyl (C=O) groups is 1. The Morgan fingerprint density at radius 1 is 1.26 bits per heavy atom. The quantitative estimate of drug-likeness (QED) is 0.687. The van der Waals surface area contributed by atoms with E-state index in [-0.39, 0.29) is 11.7 Å². The van der Waals surface area contributed by atoms with E-state index in [4.69, 9.17) is 16.3 Å². The number of hydrogen-bond donors (Lipinski definition) is 1. The van der Waals surface area contributed by atoms with Crippen molar-refractivity contribution < 1.29 is 18.3 Å². The fourth-order valence-corrected chi connectivity index (χ4v) is 2.63. The average Bonchev–Trinajstić information content (AvgIpc) is 3.02. The minimum absolute atomic E-state index is 0.00869. The van der Waals surface area contributed by atoms with E-state index in [1.54, 1.807) is 43.6 Å². The van der Waals surface area contributed by atoms with Gasteiger partial charge in [0.1, 0.15) is 11.5 Å². The predicted molar refractivity (Wildman–Crippen MR) is 97.3 cm³/mol. The molecule has 1 N–H and O–H groups in total. The summed E-state index contributed by atoms with van der Waals surface area (Å²) in [5.41, 5.74) is 1.34. The lowest BCUT2D eigenvalue weighted by atomic mass is 10.1. The van der Waals surface area contributed by atoms with Gasteiger partial charge in [-0.2, -0.15) is 10.1 Å². The minimum atomic E-state index is -2.61. The molecule has 0 spiro atoms. The van der Waals surface area contributed by atoms with Crippen molar-refractivity contribution in [1.29, 1.82) is 0 Å². The Morgan fingerprint density at radius 3 is 2.78 bits per heavy atom. The van der Waals surface area contributed by atoms with E-state index in [9.17, 15) is 13.6 Å². The van der Waals surface area contributed by atoms with Crippen LogP contribution in [0.15, 0.2) is 48.7 Å². The smallest absolute Gasteiger partial charge is 0.272 e. The van der Waals surface area contributed by atoms with E-state index in [1.807, 2.05) is 0 Å². The van der Waals surface area contributed by atoms with E-state index in [0.717, 1.165) is 0 Å². The van der Waals surface area contributed by atoms with E-state index in [0.29, 0.717) is 21.8 Å². The molecule has 2 aromatic heterocycles. The van der Waals surface area contributed by atoms with Crippen LogP contribution in [0.3, 0.4) is 0 Å². The van der Waals surface area contributed by atoms with Crippen LogP contribution < -0.4 is 10.1 Å². The molecule has 0 radical (unpaired) electrons. The van der Waals surface area contributed by atoms with Crippen LogP contribution >= 0.6 is 11.6 Å². The van der Waals surface area contributed by atoms with Crippen molar-refractivity contribution in [3.8, 4) is 17.1 Å². The SMILES string of the molecule is Cn1cc(C(=O)Nc2cccc(OCC(F)F)n2)c(-c2ccccc2Cl)n1. The molecule has 0 atom stereocenters. The standard InChI is InChI=1S/C18H15ClF2N4O2/c1-25-9-12(17(24-25)11-5-2-3-6-13(11)19)18(26)23-15-7-4-8-16(22-15)27-10-14(20)21/h2-9,14H,10H2,1H3,(H,22,23,26). The van der Waals surface area contributed by atoms with Crippen molar-refractivity contribution in [2.45, 2.75) is 6.43 Å². The van der Waals surface area contributed by atoms with Gasteiger partial charge in [0.2, 0.25) is 5.88 Å². The van der Waals surface area contributed by atoms with Gasteiger partial charge in [-0.1, -0.05) is 35.9 Å². The zero-order chi connectivity index (χ0) is 19.4. The summed E-state index contributed by atoms with van der Waals surface area (Å²) in [7, 11) is 1.69. The van der Waals surface area contributed by atoms with E-state index >= 15 is 0 Å². The summed E-state index contributed by atoms with van der Waals surface area (Å²) in [5, 5.41) is 7.39. The second-order valence-electron chi connectivity index (χ2n) is 5.56. The Bertz CT molecular complexity index is 962. The normalized spacial score (nSPS) is 10.9. The Morgan fingerprint density at radius 2 is 2.04 bits per heavy atom. The number of carbonyl (C=O) groups excluding carboxylic acids is 1. The van der Waals surface area contributed by atoms with Crippen LogP contribution in [0.2, 0.25) is 5.02 Å². The third kappa shape index (κ3) is 4.59.